The van der Waals surface area contributed by atoms with Crippen molar-refractivity contribution in [2.24, 2.45) is 0 Å². The number of amides is 1. The second-order valence-electron chi connectivity index (χ2n) is 12.7. The van der Waals surface area contributed by atoms with Gasteiger partial charge in [-0.05, 0) is 72.7 Å². The molecule has 9 nitrogen and oxygen atoms in total. The Hall–Kier alpha value is -3.44. The molecule has 0 spiro atoms. The molecule has 11 heteroatoms. The van der Waals surface area contributed by atoms with Gasteiger partial charge >= 0.3 is 13.2 Å². The summed E-state index contributed by atoms with van der Waals surface area (Å²) in [7, 11) is -0.647. The second kappa shape index (κ2) is 10.8. The number of benzene rings is 2. The highest BCUT2D eigenvalue weighted by molar-refractivity contribution is 6.63. The first-order valence-electron chi connectivity index (χ1n) is 14.0. The zero-order chi connectivity index (χ0) is 29.6. The molecule has 3 heterocycles. The Labute approximate surface area is 240 Å². The molecule has 218 valence electrons. The summed E-state index contributed by atoms with van der Waals surface area (Å²) in [5.74, 6) is 0.585. The van der Waals surface area contributed by atoms with Gasteiger partial charge in [0.15, 0.2) is 0 Å². The van der Waals surface area contributed by atoms with E-state index in [0.29, 0.717) is 48.8 Å². The number of halogens is 1. The van der Waals surface area contributed by atoms with Crippen molar-refractivity contribution in [1.82, 2.24) is 14.9 Å². The number of likely N-dealkylation sites (tertiary alicyclic amines) is 1. The topological polar surface area (TPSA) is 95.0 Å². The minimum atomic E-state index is -0.647. The normalized spacial score (nSPS) is 18.9. The van der Waals surface area contributed by atoms with E-state index < -0.39 is 23.9 Å². The molecule has 2 aliphatic heterocycles. The van der Waals surface area contributed by atoms with Crippen LogP contribution >= 0.6 is 0 Å². The Bertz CT molecular complexity index is 1420. The maximum absolute atomic E-state index is 13.7. The van der Waals surface area contributed by atoms with Crippen LogP contribution in [0.25, 0.3) is 10.9 Å². The Balaban J connectivity index is 1.41. The van der Waals surface area contributed by atoms with Crippen LogP contribution in [0, 0.1) is 5.82 Å². The number of hydrogen-bond acceptors (Lipinski definition) is 8. The molecule has 2 saturated heterocycles. The lowest BCUT2D eigenvalue weighted by Crippen LogP contribution is -2.44. The lowest BCUT2D eigenvalue weighted by molar-refractivity contribution is 0.00578. The third kappa shape index (κ3) is 6.57. The first-order valence-corrected chi connectivity index (χ1v) is 14.0. The van der Waals surface area contributed by atoms with Crippen LogP contribution in [0.5, 0.6) is 5.75 Å². The van der Waals surface area contributed by atoms with E-state index in [9.17, 15) is 9.18 Å². The van der Waals surface area contributed by atoms with Gasteiger partial charge < -0.3 is 29.0 Å². The van der Waals surface area contributed by atoms with E-state index in [1.165, 1.54) is 12.1 Å². The minimum absolute atomic E-state index is 0.126. The predicted molar refractivity (Wildman–Crippen MR) is 156 cm³/mol. The SMILES string of the molecule is CC(C)(C)OC(=O)N1CCC(Oc2cc3nc(Nc4cccc(F)c4)ncc3cc2B2OC(C)(C)C(C)(C)O2)CC1. The van der Waals surface area contributed by atoms with Crippen LogP contribution in [-0.2, 0) is 14.0 Å². The number of carbonyl (C=O) groups excluding carboxylic acids is 1. The van der Waals surface area contributed by atoms with Crippen LogP contribution < -0.4 is 15.5 Å². The number of carbonyl (C=O) groups is 1. The highest BCUT2D eigenvalue weighted by Gasteiger charge is 2.52. The number of ether oxygens (including phenoxy) is 2. The summed E-state index contributed by atoms with van der Waals surface area (Å²) in [6.07, 6.45) is 2.57. The van der Waals surface area contributed by atoms with Gasteiger partial charge in [-0.15, -0.1) is 0 Å². The fraction of sp³-hybridized carbons (Fsp3) is 0.500. The van der Waals surface area contributed by atoms with Crippen molar-refractivity contribution < 1.29 is 28.0 Å². The summed E-state index contributed by atoms with van der Waals surface area (Å²) in [5.41, 5.74) is 0.347. The number of piperidine rings is 1. The van der Waals surface area contributed by atoms with E-state index in [2.05, 4.69) is 15.3 Å². The molecule has 0 saturated carbocycles. The van der Waals surface area contributed by atoms with Gasteiger partial charge in [0.2, 0.25) is 5.95 Å². The molecule has 2 aromatic carbocycles. The molecule has 1 N–H and O–H groups in total. The van der Waals surface area contributed by atoms with Crippen molar-refractivity contribution in [3.05, 3.63) is 48.4 Å². The molecule has 0 radical (unpaired) electrons. The minimum Gasteiger partial charge on any atom is -0.491 e. The van der Waals surface area contributed by atoms with Gasteiger partial charge in [-0.3, -0.25) is 0 Å². The monoisotopic (exact) mass is 564 g/mol. The van der Waals surface area contributed by atoms with E-state index in [4.69, 9.17) is 18.8 Å². The average molecular weight is 564 g/mol. The number of nitrogens with zero attached hydrogens (tertiary/aromatic N) is 3. The highest BCUT2D eigenvalue weighted by Crippen LogP contribution is 2.38. The van der Waals surface area contributed by atoms with Crippen molar-refractivity contribution in [2.45, 2.75) is 84.2 Å². The number of nitrogens with one attached hydrogen (secondary N) is 1. The first kappa shape index (κ1) is 29.1. The third-order valence-electron chi connectivity index (χ3n) is 7.69. The molecule has 5 rings (SSSR count). The van der Waals surface area contributed by atoms with Gasteiger partial charge in [0.05, 0.1) is 16.7 Å². The van der Waals surface area contributed by atoms with E-state index in [1.54, 1.807) is 23.2 Å². The Morgan fingerprint density at radius 3 is 2.41 bits per heavy atom. The Morgan fingerprint density at radius 1 is 1.10 bits per heavy atom. The summed E-state index contributed by atoms with van der Waals surface area (Å²) in [5, 5.41) is 3.84. The van der Waals surface area contributed by atoms with Crippen LogP contribution in [0.1, 0.15) is 61.3 Å². The van der Waals surface area contributed by atoms with Gasteiger partial charge in [0.25, 0.3) is 0 Å². The van der Waals surface area contributed by atoms with Crippen LogP contribution in [0.2, 0.25) is 0 Å². The zero-order valence-electron chi connectivity index (χ0n) is 24.8. The van der Waals surface area contributed by atoms with E-state index in [1.807, 2.05) is 60.6 Å². The maximum atomic E-state index is 13.7. The van der Waals surface area contributed by atoms with E-state index >= 15 is 0 Å². The lowest BCUT2D eigenvalue weighted by Gasteiger charge is -2.34. The van der Waals surface area contributed by atoms with Gasteiger partial charge in [-0.2, -0.15) is 0 Å². The van der Waals surface area contributed by atoms with Crippen molar-refractivity contribution in [1.29, 1.82) is 0 Å². The summed E-state index contributed by atoms with van der Waals surface area (Å²) in [4.78, 5) is 23.4. The van der Waals surface area contributed by atoms with E-state index in [0.717, 1.165) is 10.8 Å². The van der Waals surface area contributed by atoms with Crippen LogP contribution in [0.3, 0.4) is 0 Å². The maximum Gasteiger partial charge on any atom is 0.498 e. The molecule has 0 atom stereocenters. The number of rotatable bonds is 5. The van der Waals surface area contributed by atoms with E-state index in [-0.39, 0.29) is 18.0 Å². The molecule has 0 aliphatic carbocycles. The number of fused-ring (bicyclic) bond motifs is 1. The number of aromatic nitrogens is 2. The van der Waals surface area contributed by atoms with Crippen LogP contribution in [0.4, 0.5) is 20.8 Å². The Kier molecular flexibility index (Phi) is 7.63. The predicted octanol–water partition coefficient (Wildman–Crippen LogP) is 5.59. The molecule has 1 aromatic heterocycles. The molecule has 41 heavy (non-hydrogen) atoms. The summed E-state index contributed by atoms with van der Waals surface area (Å²) in [6.45, 7) is 14.7. The fourth-order valence-electron chi connectivity index (χ4n) is 4.75. The first-order chi connectivity index (χ1) is 19.2. The second-order valence-corrected chi connectivity index (χ2v) is 12.7. The van der Waals surface area contributed by atoms with Crippen molar-refractivity contribution in [3.63, 3.8) is 0 Å². The number of hydrogen-bond donors (Lipinski definition) is 1. The summed E-state index contributed by atoms with van der Waals surface area (Å²) in [6, 6.07) is 9.94. The van der Waals surface area contributed by atoms with Crippen molar-refractivity contribution in [2.75, 3.05) is 18.4 Å². The number of anilines is 2. The zero-order valence-corrected chi connectivity index (χ0v) is 24.8. The molecule has 0 bridgehead atoms. The third-order valence-corrected chi connectivity index (χ3v) is 7.69. The van der Waals surface area contributed by atoms with Crippen LogP contribution in [0.15, 0.2) is 42.6 Å². The molecule has 0 unspecified atom stereocenters. The Morgan fingerprint density at radius 2 is 1.78 bits per heavy atom. The van der Waals surface area contributed by atoms with Crippen molar-refractivity contribution >= 4 is 41.2 Å². The molecule has 2 aliphatic rings. The standard InChI is InChI=1S/C30H38BFN4O5/c1-28(2,3)39-27(37)36-13-11-22(12-14-36)38-25-17-24-19(15-23(25)31-40-29(4,5)30(6,7)41-31)18-33-26(35-24)34-21-10-8-9-20(32)16-21/h8-10,15-18,22H,11-14H2,1-7H3,(H,33,34,35). The van der Waals surface area contributed by atoms with Gasteiger partial charge in [-0.1, -0.05) is 6.07 Å². The summed E-state index contributed by atoms with van der Waals surface area (Å²) < 4.78 is 38.6. The largest absolute Gasteiger partial charge is 0.498 e. The van der Waals surface area contributed by atoms with Gasteiger partial charge in [-0.25, -0.2) is 19.2 Å². The smallest absolute Gasteiger partial charge is 0.491 e. The highest BCUT2D eigenvalue weighted by atomic mass is 19.1. The summed E-state index contributed by atoms with van der Waals surface area (Å²) >= 11 is 0. The average Bonchev–Trinajstić information content (AvgIpc) is 3.09. The molecule has 2 fully saturated rings. The fourth-order valence-corrected chi connectivity index (χ4v) is 4.75. The van der Waals surface area contributed by atoms with Gasteiger partial charge in [0.1, 0.15) is 23.3 Å². The molecule has 1 amide bonds. The lowest BCUT2D eigenvalue weighted by atomic mass is 9.77. The molecule has 3 aromatic rings. The van der Waals surface area contributed by atoms with Gasteiger partial charge in [0, 0.05) is 54.7 Å². The molecular formula is C30H38BFN4O5. The van der Waals surface area contributed by atoms with Crippen LogP contribution in [-0.4, -0.2) is 64.1 Å². The molecular weight excluding hydrogens is 526 g/mol. The van der Waals surface area contributed by atoms with Crippen molar-refractivity contribution in [3.8, 4) is 5.75 Å². The quantitative estimate of drug-likeness (QED) is 0.401.